The van der Waals surface area contributed by atoms with Crippen LogP contribution in [0.3, 0.4) is 0 Å². The van der Waals surface area contributed by atoms with Gasteiger partial charge in [0.05, 0.1) is 11.8 Å². The average Bonchev–Trinajstić information content (AvgIpc) is 3.17. The predicted octanol–water partition coefficient (Wildman–Crippen LogP) is 5.59. The molecule has 0 saturated carbocycles. The van der Waals surface area contributed by atoms with Crippen molar-refractivity contribution in [3.8, 4) is 23.1 Å². The first-order valence-corrected chi connectivity index (χ1v) is 10.6. The summed E-state index contributed by atoms with van der Waals surface area (Å²) in [5.74, 6) is 0.557. The van der Waals surface area contributed by atoms with E-state index < -0.39 is 0 Å². The Hall–Kier alpha value is -3.93. The van der Waals surface area contributed by atoms with Gasteiger partial charge >= 0.3 is 6.01 Å². The fourth-order valence-corrected chi connectivity index (χ4v) is 3.33. The quantitative estimate of drug-likeness (QED) is 0.436. The predicted molar refractivity (Wildman–Crippen MR) is 126 cm³/mol. The van der Waals surface area contributed by atoms with Gasteiger partial charge in [-0.2, -0.15) is 4.98 Å². The summed E-state index contributed by atoms with van der Waals surface area (Å²) in [6, 6.07) is 23.4. The number of aromatic nitrogens is 3. The zero-order chi connectivity index (χ0) is 22.7. The van der Waals surface area contributed by atoms with E-state index in [4.69, 9.17) is 4.74 Å². The van der Waals surface area contributed by atoms with Crippen molar-refractivity contribution in [2.75, 3.05) is 5.32 Å². The number of benzene rings is 3. The van der Waals surface area contributed by atoms with E-state index in [2.05, 4.69) is 15.4 Å². The lowest BCUT2D eigenvalue weighted by atomic mass is 10.1. The van der Waals surface area contributed by atoms with Gasteiger partial charge in [-0.1, -0.05) is 42.0 Å². The minimum Gasteiger partial charge on any atom is -0.460 e. The maximum absolute atomic E-state index is 12.5. The van der Waals surface area contributed by atoms with Crippen molar-refractivity contribution in [1.82, 2.24) is 14.8 Å². The van der Waals surface area contributed by atoms with Gasteiger partial charge in [0.2, 0.25) is 0 Å². The normalized spacial score (nSPS) is 10.9. The Morgan fingerprint density at radius 3 is 2.28 bits per heavy atom. The molecule has 3 aromatic carbocycles. The van der Waals surface area contributed by atoms with Crippen molar-refractivity contribution < 1.29 is 9.53 Å². The highest BCUT2D eigenvalue weighted by atomic mass is 16.5. The molecule has 0 unspecified atom stereocenters. The molecule has 32 heavy (non-hydrogen) atoms. The van der Waals surface area contributed by atoms with Crippen LogP contribution in [0.25, 0.3) is 17.1 Å². The summed E-state index contributed by atoms with van der Waals surface area (Å²) in [7, 11) is 0. The molecular weight excluding hydrogens is 400 g/mol. The van der Waals surface area contributed by atoms with E-state index in [0.717, 1.165) is 22.4 Å². The summed E-state index contributed by atoms with van der Waals surface area (Å²) < 4.78 is 7.52. The Labute approximate surface area is 187 Å². The molecule has 1 heterocycles. The molecule has 0 fully saturated rings. The molecule has 0 aliphatic heterocycles. The Morgan fingerprint density at radius 2 is 1.62 bits per heavy atom. The van der Waals surface area contributed by atoms with Crippen LogP contribution in [0.4, 0.5) is 5.69 Å². The van der Waals surface area contributed by atoms with E-state index in [1.54, 1.807) is 4.68 Å². The zero-order valence-electron chi connectivity index (χ0n) is 18.7. The van der Waals surface area contributed by atoms with Gasteiger partial charge in [-0.05, 0) is 69.7 Å². The van der Waals surface area contributed by atoms with Crippen LogP contribution in [0.2, 0.25) is 0 Å². The van der Waals surface area contributed by atoms with E-state index in [0.29, 0.717) is 23.1 Å². The van der Waals surface area contributed by atoms with E-state index in [1.807, 2.05) is 100 Å². The van der Waals surface area contributed by atoms with E-state index in [1.165, 1.54) is 0 Å². The number of nitrogens with one attached hydrogen (secondary N) is 1. The second kappa shape index (κ2) is 9.06. The summed E-state index contributed by atoms with van der Waals surface area (Å²) in [5.41, 5.74) is 5.34. The number of carbonyl (C=O) groups excluding carboxylic acids is 1. The Morgan fingerprint density at radius 1 is 0.938 bits per heavy atom. The highest BCUT2D eigenvalue weighted by Gasteiger charge is 2.17. The third kappa shape index (κ3) is 4.70. The summed E-state index contributed by atoms with van der Waals surface area (Å²) in [6.07, 6.45) is -0.0325. The van der Waals surface area contributed by atoms with Crippen LogP contribution >= 0.6 is 0 Å². The number of hydrogen-bond donors (Lipinski definition) is 1. The van der Waals surface area contributed by atoms with Gasteiger partial charge in [-0.25, -0.2) is 4.68 Å². The van der Waals surface area contributed by atoms with Crippen molar-refractivity contribution in [2.24, 2.45) is 0 Å². The molecule has 0 atom stereocenters. The van der Waals surface area contributed by atoms with Crippen LogP contribution in [0.15, 0.2) is 72.8 Å². The second-order valence-corrected chi connectivity index (χ2v) is 7.98. The number of rotatable bonds is 6. The molecule has 1 N–H and O–H groups in total. The fraction of sp³-hybridized carbons (Fsp3) is 0.192. The Bertz CT molecular complexity index is 1230. The molecule has 0 aliphatic carbocycles. The van der Waals surface area contributed by atoms with E-state index in [-0.39, 0.29) is 12.0 Å². The number of aryl methyl sites for hydroxylation is 2. The lowest BCUT2D eigenvalue weighted by molar-refractivity contribution is 0.102. The van der Waals surface area contributed by atoms with Crippen LogP contribution in [0.1, 0.15) is 35.3 Å². The van der Waals surface area contributed by atoms with E-state index >= 15 is 0 Å². The van der Waals surface area contributed by atoms with Gasteiger partial charge in [-0.3, -0.25) is 4.79 Å². The molecule has 6 heteroatoms. The van der Waals surface area contributed by atoms with Crippen LogP contribution in [-0.4, -0.2) is 26.8 Å². The maximum atomic E-state index is 12.5. The Kier molecular flexibility index (Phi) is 6.03. The zero-order valence-corrected chi connectivity index (χ0v) is 18.7. The summed E-state index contributed by atoms with van der Waals surface area (Å²) in [4.78, 5) is 17.1. The monoisotopic (exact) mass is 426 g/mol. The first-order chi connectivity index (χ1) is 15.4. The standard InChI is InChI=1S/C26H26N4O2/c1-17(2)32-26-28-24(23-8-6-5-7-19(23)4)30(29-26)22-15-13-21(14-16-22)27-25(31)20-11-9-18(3)10-12-20/h5-17H,1-4H3,(H,27,31). The highest BCUT2D eigenvalue weighted by Crippen LogP contribution is 2.27. The van der Waals surface area contributed by atoms with Crippen molar-refractivity contribution in [3.63, 3.8) is 0 Å². The molecule has 0 spiro atoms. The average molecular weight is 427 g/mol. The van der Waals surface area contributed by atoms with Crippen molar-refractivity contribution in [2.45, 2.75) is 33.8 Å². The summed E-state index contributed by atoms with van der Waals surface area (Å²) >= 11 is 0. The minimum atomic E-state index is -0.147. The van der Waals surface area contributed by atoms with Crippen LogP contribution in [0.5, 0.6) is 6.01 Å². The molecule has 1 aromatic heterocycles. The van der Waals surface area contributed by atoms with Crippen molar-refractivity contribution in [1.29, 1.82) is 0 Å². The van der Waals surface area contributed by atoms with Crippen molar-refractivity contribution in [3.05, 3.63) is 89.5 Å². The summed E-state index contributed by atoms with van der Waals surface area (Å²) in [5, 5.41) is 7.51. The Balaban J connectivity index is 1.63. The van der Waals surface area contributed by atoms with Gasteiger partial charge in [-0.15, -0.1) is 5.10 Å². The number of anilines is 1. The largest absolute Gasteiger partial charge is 0.460 e. The topological polar surface area (TPSA) is 69.0 Å². The van der Waals surface area contributed by atoms with Gasteiger partial charge in [0.15, 0.2) is 5.82 Å². The van der Waals surface area contributed by atoms with Gasteiger partial charge in [0.1, 0.15) is 0 Å². The van der Waals surface area contributed by atoms with Crippen LogP contribution in [-0.2, 0) is 0 Å². The first kappa shape index (κ1) is 21.3. The van der Waals surface area contributed by atoms with Crippen molar-refractivity contribution >= 4 is 11.6 Å². The molecular formula is C26H26N4O2. The molecule has 0 saturated heterocycles. The van der Waals surface area contributed by atoms with E-state index in [9.17, 15) is 4.79 Å². The van der Waals surface area contributed by atoms with Crippen LogP contribution in [0, 0.1) is 13.8 Å². The van der Waals surface area contributed by atoms with Gasteiger partial charge in [0, 0.05) is 16.8 Å². The number of nitrogens with zero attached hydrogens (tertiary/aromatic N) is 3. The molecule has 162 valence electrons. The van der Waals surface area contributed by atoms with Gasteiger partial charge < -0.3 is 10.1 Å². The minimum absolute atomic E-state index is 0.0325. The molecule has 0 bridgehead atoms. The molecule has 1 amide bonds. The molecule has 0 aliphatic rings. The number of amides is 1. The SMILES string of the molecule is Cc1ccc(C(=O)Nc2ccc(-n3nc(OC(C)C)nc3-c3ccccc3C)cc2)cc1. The molecule has 6 nitrogen and oxygen atoms in total. The molecule has 0 radical (unpaired) electrons. The van der Waals surface area contributed by atoms with Crippen LogP contribution < -0.4 is 10.1 Å². The fourth-order valence-electron chi connectivity index (χ4n) is 3.33. The first-order valence-electron chi connectivity index (χ1n) is 10.6. The number of carbonyl (C=O) groups is 1. The third-order valence-electron chi connectivity index (χ3n) is 5.00. The summed E-state index contributed by atoms with van der Waals surface area (Å²) in [6.45, 7) is 7.92. The third-order valence-corrected chi connectivity index (χ3v) is 5.00. The number of ether oxygens (including phenoxy) is 1. The smallest absolute Gasteiger partial charge is 0.336 e. The second-order valence-electron chi connectivity index (χ2n) is 7.98. The highest BCUT2D eigenvalue weighted by molar-refractivity contribution is 6.04. The lowest BCUT2D eigenvalue weighted by Crippen LogP contribution is -2.11. The number of hydrogen-bond acceptors (Lipinski definition) is 4. The maximum Gasteiger partial charge on any atom is 0.336 e. The lowest BCUT2D eigenvalue weighted by Gasteiger charge is -2.10. The molecule has 4 rings (SSSR count). The molecule has 4 aromatic rings. The van der Waals surface area contributed by atoms with Gasteiger partial charge in [0.25, 0.3) is 5.91 Å².